The lowest BCUT2D eigenvalue weighted by Crippen LogP contribution is -2.48. The number of nitrogens with two attached hydrogens (primary N) is 1. The SMILES string of the molecule is NC(=O)N1CCCC(C(=O)N2CCCC(c3ccccc3)CC2)C1. The van der Waals surface area contributed by atoms with Crippen LogP contribution in [0, 0.1) is 5.92 Å². The Labute approximate surface area is 143 Å². The van der Waals surface area contributed by atoms with Crippen LogP contribution in [-0.2, 0) is 4.79 Å². The quantitative estimate of drug-likeness (QED) is 0.906. The standard InChI is InChI=1S/C19H27N3O2/c20-19(24)22-12-5-9-17(14-22)18(23)21-11-4-8-16(10-13-21)15-6-2-1-3-7-15/h1-3,6-7,16-17H,4-5,8-14H2,(H2,20,24). The van der Waals surface area contributed by atoms with Crippen molar-refractivity contribution in [3.05, 3.63) is 35.9 Å². The lowest BCUT2D eigenvalue weighted by Gasteiger charge is -2.33. The number of nitrogens with zero attached hydrogens (tertiary/aromatic N) is 2. The molecule has 0 radical (unpaired) electrons. The molecule has 2 atom stereocenters. The summed E-state index contributed by atoms with van der Waals surface area (Å²) in [6.45, 7) is 2.79. The molecule has 3 amide bonds. The van der Waals surface area contributed by atoms with E-state index in [1.54, 1.807) is 4.90 Å². The number of likely N-dealkylation sites (tertiary alicyclic amines) is 2. The van der Waals surface area contributed by atoms with Crippen LogP contribution in [0.2, 0.25) is 0 Å². The lowest BCUT2D eigenvalue weighted by molar-refractivity contribution is -0.136. The summed E-state index contributed by atoms with van der Waals surface area (Å²) in [5.74, 6) is 0.659. The third kappa shape index (κ3) is 3.89. The van der Waals surface area contributed by atoms with Gasteiger partial charge in [-0.2, -0.15) is 0 Å². The summed E-state index contributed by atoms with van der Waals surface area (Å²) in [5, 5.41) is 0. The van der Waals surface area contributed by atoms with Crippen molar-refractivity contribution in [1.82, 2.24) is 9.80 Å². The molecule has 130 valence electrons. The van der Waals surface area contributed by atoms with Crippen molar-refractivity contribution in [2.24, 2.45) is 11.7 Å². The van der Waals surface area contributed by atoms with Gasteiger partial charge in [-0.15, -0.1) is 0 Å². The Balaban J connectivity index is 1.59. The second-order valence-electron chi connectivity index (χ2n) is 6.99. The Morgan fingerprint density at radius 2 is 1.62 bits per heavy atom. The number of rotatable bonds is 2. The van der Waals surface area contributed by atoms with Crippen LogP contribution >= 0.6 is 0 Å². The van der Waals surface area contributed by atoms with Gasteiger partial charge in [0, 0.05) is 26.2 Å². The number of primary amides is 1. The van der Waals surface area contributed by atoms with E-state index in [0.29, 0.717) is 19.0 Å². The van der Waals surface area contributed by atoms with E-state index in [0.717, 1.165) is 45.2 Å². The molecule has 0 bridgehead atoms. The van der Waals surface area contributed by atoms with Crippen LogP contribution in [-0.4, -0.2) is 47.9 Å². The fourth-order valence-electron chi connectivity index (χ4n) is 4.01. The van der Waals surface area contributed by atoms with Crippen molar-refractivity contribution in [3.63, 3.8) is 0 Å². The second kappa shape index (κ2) is 7.69. The molecule has 2 saturated heterocycles. The van der Waals surface area contributed by atoms with E-state index in [4.69, 9.17) is 5.73 Å². The predicted molar refractivity (Wildman–Crippen MR) is 93.5 cm³/mol. The highest BCUT2D eigenvalue weighted by Gasteiger charge is 2.31. The molecule has 2 aliphatic rings. The minimum Gasteiger partial charge on any atom is -0.351 e. The summed E-state index contributed by atoms with van der Waals surface area (Å²) in [6.07, 6.45) is 4.91. The molecule has 0 saturated carbocycles. The van der Waals surface area contributed by atoms with Crippen LogP contribution < -0.4 is 5.73 Å². The topological polar surface area (TPSA) is 66.6 Å². The Kier molecular flexibility index (Phi) is 5.38. The van der Waals surface area contributed by atoms with E-state index in [-0.39, 0.29) is 11.8 Å². The number of urea groups is 1. The van der Waals surface area contributed by atoms with Crippen molar-refractivity contribution in [1.29, 1.82) is 0 Å². The summed E-state index contributed by atoms with van der Waals surface area (Å²) >= 11 is 0. The number of hydrogen-bond acceptors (Lipinski definition) is 2. The zero-order chi connectivity index (χ0) is 16.9. The van der Waals surface area contributed by atoms with Gasteiger partial charge in [-0.1, -0.05) is 30.3 Å². The molecule has 2 aliphatic heterocycles. The van der Waals surface area contributed by atoms with Gasteiger partial charge >= 0.3 is 6.03 Å². The van der Waals surface area contributed by atoms with Gasteiger partial charge in [0.1, 0.15) is 0 Å². The van der Waals surface area contributed by atoms with Gasteiger partial charge in [0.2, 0.25) is 5.91 Å². The summed E-state index contributed by atoms with van der Waals surface area (Å²) in [4.78, 5) is 27.9. The first-order valence-corrected chi connectivity index (χ1v) is 9.03. The Morgan fingerprint density at radius 3 is 2.38 bits per heavy atom. The molecule has 0 spiro atoms. The van der Waals surface area contributed by atoms with Crippen LogP contribution in [0.5, 0.6) is 0 Å². The molecular formula is C19H27N3O2. The summed E-state index contributed by atoms with van der Waals surface area (Å²) in [5.41, 5.74) is 6.76. The molecule has 2 fully saturated rings. The molecule has 1 aromatic carbocycles. The maximum absolute atomic E-state index is 12.9. The van der Waals surface area contributed by atoms with E-state index in [9.17, 15) is 9.59 Å². The molecule has 5 nitrogen and oxygen atoms in total. The molecule has 1 aromatic rings. The van der Waals surface area contributed by atoms with Crippen molar-refractivity contribution in [3.8, 4) is 0 Å². The highest BCUT2D eigenvalue weighted by atomic mass is 16.2. The number of carbonyl (C=O) groups is 2. The third-order valence-corrected chi connectivity index (χ3v) is 5.39. The largest absolute Gasteiger partial charge is 0.351 e. The monoisotopic (exact) mass is 329 g/mol. The smallest absolute Gasteiger partial charge is 0.314 e. The van der Waals surface area contributed by atoms with Crippen molar-refractivity contribution >= 4 is 11.9 Å². The zero-order valence-corrected chi connectivity index (χ0v) is 14.2. The fourth-order valence-corrected chi connectivity index (χ4v) is 4.01. The molecule has 2 N–H and O–H groups in total. The van der Waals surface area contributed by atoms with E-state index in [2.05, 4.69) is 24.3 Å². The molecule has 24 heavy (non-hydrogen) atoms. The summed E-state index contributed by atoms with van der Waals surface area (Å²) in [6, 6.07) is 10.2. The normalized spacial score (nSPS) is 25.2. The van der Waals surface area contributed by atoms with E-state index in [1.807, 2.05) is 11.0 Å². The average molecular weight is 329 g/mol. The van der Waals surface area contributed by atoms with Gasteiger partial charge in [0.05, 0.1) is 5.92 Å². The number of piperidine rings is 1. The number of benzene rings is 1. The minimum atomic E-state index is -0.410. The lowest BCUT2D eigenvalue weighted by atomic mass is 9.92. The van der Waals surface area contributed by atoms with E-state index >= 15 is 0 Å². The van der Waals surface area contributed by atoms with Crippen molar-refractivity contribution < 1.29 is 9.59 Å². The van der Waals surface area contributed by atoms with Gasteiger partial charge < -0.3 is 15.5 Å². The molecule has 5 heteroatoms. The number of amides is 3. The average Bonchev–Trinajstić information content (AvgIpc) is 2.88. The first kappa shape index (κ1) is 16.8. The van der Waals surface area contributed by atoms with E-state index in [1.165, 1.54) is 5.56 Å². The predicted octanol–water partition coefficient (Wildman–Crippen LogP) is 2.57. The molecule has 0 aliphatic carbocycles. The van der Waals surface area contributed by atoms with Crippen LogP contribution in [0.3, 0.4) is 0 Å². The Morgan fingerprint density at radius 1 is 0.917 bits per heavy atom. The van der Waals surface area contributed by atoms with Gasteiger partial charge in [-0.25, -0.2) is 4.79 Å². The van der Waals surface area contributed by atoms with E-state index < -0.39 is 6.03 Å². The van der Waals surface area contributed by atoms with Gasteiger partial charge in [-0.3, -0.25) is 4.79 Å². The van der Waals surface area contributed by atoms with Crippen LogP contribution in [0.1, 0.15) is 43.6 Å². The number of carbonyl (C=O) groups excluding carboxylic acids is 2. The summed E-state index contributed by atoms with van der Waals surface area (Å²) in [7, 11) is 0. The molecule has 2 unspecified atom stereocenters. The van der Waals surface area contributed by atoms with Crippen molar-refractivity contribution in [2.75, 3.05) is 26.2 Å². The molecule has 2 heterocycles. The highest BCUT2D eigenvalue weighted by molar-refractivity contribution is 5.80. The maximum atomic E-state index is 12.9. The first-order chi connectivity index (χ1) is 11.6. The van der Waals surface area contributed by atoms with Gasteiger partial charge in [-0.05, 0) is 43.6 Å². The molecular weight excluding hydrogens is 302 g/mol. The van der Waals surface area contributed by atoms with Crippen LogP contribution in [0.4, 0.5) is 4.79 Å². The zero-order valence-electron chi connectivity index (χ0n) is 14.2. The third-order valence-electron chi connectivity index (χ3n) is 5.39. The first-order valence-electron chi connectivity index (χ1n) is 9.03. The van der Waals surface area contributed by atoms with Gasteiger partial charge in [0.15, 0.2) is 0 Å². The second-order valence-corrected chi connectivity index (χ2v) is 6.99. The Bertz CT molecular complexity index is 575. The van der Waals surface area contributed by atoms with Crippen molar-refractivity contribution in [2.45, 2.75) is 38.0 Å². The maximum Gasteiger partial charge on any atom is 0.314 e. The minimum absolute atomic E-state index is 0.0838. The Hall–Kier alpha value is -2.04. The number of hydrogen-bond donors (Lipinski definition) is 1. The van der Waals surface area contributed by atoms with Crippen LogP contribution in [0.15, 0.2) is 30.3 Å². The van der Waals surface area contributed by atoms with Crippen LogP contribution in [0.25, 0.3) is 0 Å². The highest BCUT2D eigenvalue weighted by Crippen LogP contribution is 2.29. The molecule has 3 rings (SSSR count). The summed E-state index contributed by atoms with van der Waals surface area (Å²) < 4.78 is 0. The fraction of sp³-hybridized carbons (Fsp3) is 0.579. The molecule has 0 aromatic heterocycles. The van der Waals surface area contributed by atoms with Gasteiger partial charge in [0.25, 0.3) is 0 Å².